The van der Waals surface area contributed by atoms with E-state index in [0.717, 1.165) is 11.1 Å². The molecule has 3 amide bonds. The first-order valence-electron chi connectivity index (χ1n) is 8.57. The van der Waals surface area contributed by atoms with Gasteiger partial charge in [-0.05, 0) is 35.4 Å². The van der Waals surface area contributed by atoms with Gasteiger partial charge in [-0.2, -0.15) is 0 Å². The highest BCUT2D eigenvalue weighted by molar-refractivity contribution is 5.96. The SMILES string of the molecule is CC(=O)NC1(N(C(C)=O)c2ccc(C(=O)NO)cc2)Cc2ccccc2C1. The van der Waals surface area contributed by atoms with Crippen LogP contribution in [0.5, 0.6) is 0 Å². The number of amides is 3. The third kappa shape index (κ3) is 3.54. The van der Waals surface area contributed by atoms with E-state index in [0.29, 0.717) is 18.5 Å². The average molecular weight is 367 g/mol. The first kappa shape index (κ1) is 18.6. The molecule has 140 valence electrons. The first-order valence-corrected chi connectivity index (χ1v) is 8.57. The summed E-state index contributed by atoms with van der Waals surface area (Å²) in [5.41, 5.74) is 3.63. The second kappa shape index (κ2) is 7.20. The second-order valence-corrected chi connectivity index (χ2v) is 6.68. The van der Waals surface area contributed by atoms with Crippen LogP contribution < -0.4 is 15.7 Å². The molecular formula is C20H21N3O4. The minimum Gasteiger partial charge on any atom is -0.333 e. The van der Waals surface area contributed by atoms with Crippen LogP contribution in [0.25, 0.3) is 0 Å². The maximum atomic E-state index is 12.6. The Morgan fingerprint density at radius 2 is 1.52 bits per heavy atom. The number of hydrogen-bond donors (Lipinski definition) is 3. The van der Waals surface area contributed by atoms with E-state index in [1.807, 2.05) is 24.3 Å². The van der Waals surface area contributed by atoms with Crippen molar-refractivity contribution in [1.82, 2.24) is 10.8 Å². The van der Waals surface area contributed by atoms with Crippen molar-refractivity contribution in [3.63, 3.8) is 0 Å². The molecule has 0 spiro atoms. The second-order valence-electron chi connectivity index (χ2n) is 6.68. The third-order valence-corrected chi connectivity index (χ3v) is 4.73. The minimum atomic E-state index is -0.915. The fourth-order valence-corrected chi connectivity index (χ4v) is 3.78. The molecule has 0 unspecified atom stereocenters. The first-order chi connectivity index (χ1) is 12.9. The molecular weight excluding hydrogens is 346 g/mol. The number of hydrogen-bond acceptors (Lipinski definition) is 4. The van der Waals surface area contributed by atoms with Crippen molar-refractivity contribution in [2.24, 2.45) is 0 Å². The lowest BCUT2D eigenvalue weighted by molar-refractivity contribution is -0.122. The lowest BCUT2D eigenvalue weighted by Gasteiger charge is -2.41. The van der Waals surface area contributed by atoms with E-state index < -0.39 is 11.6 Å². The molecule has 0 fully saturated rings. The fraction of sp³-hybridized carbons (Fsp3) is 0.250. The van der Waals surface area contributed by atoms with Crippen LogP contribution in [0, 0.1) is 0 Å². The van der Waals surface area contributed by atoms with Gasteiger partial charge in [-0.15, -0.1) is 0 Å². The summed E-state index contributed by atoms with van der Waals surface area (Å²) in [5, 5.41) is 11.7. The zero-order valence-electron chi connectivity index (χ0n) is 15.2. The van der Waals surface area contributed by atoms with Crippen molar-refractivity contribution in [2.75, 3.05) is 4.90 Å². The van der Waals surface area contributed by atoms with Crippen molar-refractivity contribution in [1.29, 1.82) is 0 Å². The van der Waals surface area contributed by atoms with E-state index >= 15 is 0 Å². The molecule has 1 aliphatic rings. The maximum absolute atomic E-state index is 12.6. The fourth-order valence-electron chi connectivity index (χ4n) is 3.78. The van der Waals surface area contributed by atoms with Crippen LogP contribution >= 0.6 is 0 Å². The van der Waals surface area contributed by atoms with Gasteiger partial charge >= 0.3 is 0 Å². The van der Waals surface area contributed by atoms with Gasteiger partial charge in [0, 0.05) is 37.9 Å². The summed E-state index contributed by atoms with van der Waals surface area (Å²) in [4.78, 5) is 37.7. The highest BCUT2D eigenvalue weighted by Crippen LogP contribution is 2.36. The summed E-state index contributed by atoms with van der Waals surface area (Å²) >= 11 is 0. The summed E-state index contributed by atoms with van der Waals surface area (Å²) in [5.74, 6) is -1.10. The molecule has 2 aromatic carbocycles. The standard InChI is InChI=1S/C20H21N3O4/c1-13(24)21-20(11-16-5-3-4-6-17(16)12-20)23(14(2)25)18-9-7-15(8-10-18)19(26)22-27/h3-10,27H,11-12H2,1-2H3,(H,21,24)(H,22,26). The van der Waals surface area contributed by atoms with E-state index in [-0.39, 0.29) is 17.4 Å². The van der Waals surface area contributed by atoms with Gasteiger partial charge in [0.05, 0.1) is 0 Å². The Kier molecular flexibility index (Phi) is 4.96. The molecule has 7 heteroatoms. The Bertz CT molecular complexity index is 867. The Morgan fingerprint density at radius 1 is 0.963 bits per heavy atom. The van der Waals surface area contributed by atoms with Crippen LogP contribution in [0.15, 0.2) is 48.5 Å². The monoisotopic (exact) mass is 367 g/mol. The predicted molar refractivity (Wildman–Crippen MR) is 99.3 cm³/mol. The van der Waals surface area contributed by atoms with Gasteiger partial charge in [0.2, 0.25) is 11.8 Å². The van der Waals surface area contributed by atoms with Gasteiger partial charge in [-0.25, -0.2) is 5.48 Å². The van der Waals surface area contributed by atoms with E-state index in [4.69, 9.17) is 5.21 Å². The zero-order chi connectivity index (χ0) is 19.6. The van der Waals surface area contributed by atoms with Crippen LogP contribution in [0.2, 0.25) is 0 Å². The Hall–Kier alpha value is -3.19. The Balaban J connectivity index is 2.04. The number of carbonyl (C=O) groups is 3. The predicted octanol–water partition coefficient (Wildman–Crippen LogP) is 1.79. The average Bonchev–Trinajstić information content (AvgIpc) is 2.98. The van der Waals surface area contributed by atoms with Gasteiger partial charge in [0.15, 0.2) is 0 Å². The van der Waals surface area contributed by atoms with Crippen molar-refractivity contribution in [3.05, 3.63) is 65.2 Å². The normalized spacial score (nSPS) is 14.2. The zero-order valence-corrected chi connectivity index (χ0v) is 15.2. The lowest BCUT2D eigenvalue weighted by atomic mass is 10.0. The van der Waals surface area contributed by atoms with Gasteiger partial charge in [-0.1, -0.05) is 24.3 Å². The van der Waals surface area contributed by atoms with Crippen molar-refractivity contribution >= 4 is 23.4 Å². The number of benzene rings is 2. The summed E-state index contributed by atoms with van der Waals surface area (Å²) < 4.78 is 0. The van der Waals surface area contributed by atoms with Crippen LogP contribution in [0.3, 0.4) is 0 Å². The summed E-state index contributed by atoms with van der Waals surface area (Å²) in [6.07, 6.45) is 0.975. The molecule has 1 aliphatic carbocycles. The largest absolute Gasteiger partial charge is 0.333 e. The maximum Gasteiger partial charge on any atom is 0.274 e. The van der Waals surface area contributed by atoms with E-state index in [1.54, 1.807) is 22.5 Å². The number of rotatable bonds is 4. The number of nitrogens with one attached hydrogen (secondary N) is 2. The molecule has 0 aromatic heterocycles. The third-order valence-electron chi connectivity index (χ3n) is 4.73. The van der Waals surface area contributed by atoms with Crippen molar-refractivity contribution < 1.29 is 19.6 Å². The van der Waals surface area contributed by atoms with Crippen LogP contribution in [0.1, 0.15) is 35.3 Å². The molecule has 0 saturated carbocycles. The van der Waals surface area contributed by atoms with E-state index in [9.17, 15) is 14.4 Å². The highest BCUT2D eigenvalue weighted by Gasteiger charge is 2.45. The van der Waals surface area contributed by atoms with Gasteiger partial charge < -0.3 is 5.32 Å². The molecule has 3 N–H and O–H groups in total. The minimum absolute atomic E-state index is 0.226. The summed E-state index contributed by atoms with van der Waals surface area (Å²) in [6, 6.07) is 14.1. The molecule has 0 atom stereocenters. The molecule has 0 bridgehead atoms. The van der Waals surface area contributed by atoms with E-state index in [1.165, 1.54) is 26.0 Å². The molecule has 2 aromatic rings. The van der Waals surface area contributed by atoms with E-state index in [2.05, 4.69) is 5.32 Å². The van der Waals surface area contributed by atoms with Crippen LogP contribution in [-0.2, 0) is 22.4 Å². The summed E-state index contributed by atoms with van der Waals surface area (Å²) in [6.45, 7) is 2.87. The van der Waals surface area contributed by atoms with Crippen LogP contribution in [-0.4, -0.2) is 28.6 Å². The van der Waals surface area contributed by atoms with Gasteiger partial charge in [-0.3, -0.25) is 24.5 Å². The molecule has 0 radical (unpaired) electrons. The van der Waals surface area contributed by atoms with Gasteiger partial charge in [0.25, 0.3) is 5.91 Å². The topological polar surface area (TPSA) is 98.7 Å². The molecule has 3 rings (SSSR count). The highest BCUT2D eigenvalue weighted by atomic mass is 16.5. The number of carbonyl (C=O) groups excluding carboxylic acids is 3. The van der Waals surface area contributed by atoms with Gasteiger partial charge in [0.1, 0.15) is 5.66 Å². The molecule has 0 saturated heterocycles. The lowest BCUT2D eigenvalue weighted by Crippen LogP contribution is -2.63. The van der Waals surface area contributed by atoms with Crippen molar-refractivity contribution in [3.8, 4) is 0 Å². The summed E-state index contributed by atoms with van der Waals surface area (Å²) in [7, 11) is 0. The van der Waals surface area contributed by atoms with Crippen LogP contribution in [0.4, 0.5) is 5.69 Å². The number of nitrogens with zero attached hydrogens (tertiary/aromatic N) is 1. The Morgan fingerprint density at radius 3 is 1.96 bits per heavy atom. The Labute approximate surface area is 156 Å². The number of hydroxylamine groups is 1. The van der Waals surface area contributed by atoms with Crippen molar-refractivity contribution in [2.45, 2.75) is 32.4 Å². The smallest absolute Gasteiger partial charge is 0.274 e. The number of fused-ring (bicyclic) bond motifs is 1. The molecule has 7 nitrogen and oxygen atoms in total. The molecule has 27 heavy (non-hydrogen) atoms. The molecule has 0 heterocycles. The quantitative estimate of drug-likeness (QED) is 0.436. The molecule has 0 aliphatic heterocycles. The number of anilines is 1.